The van der Waals surface area contributed by atoms with Gasteiger partial charge in [0.1, 0.15) is 0 Å². The van der Waals surface area contributed by atoms with Crippen molar-refractivity contribution >= 4 is 6.03 Å². The molecule has 0 bridgehead atoms. The van der Waals surface area contributed by atoms with Crippen LogP contribution in [-0.4, -0.2) is 43.7 Å². The second-order valence-electron chi connectivity index (χ2n) is 5.13. The summed E-state index contributed by atoms with van der Waals surface area (Å²) in [6.07, 6.45) is 5.99. The Kier molecular flexibility index (Phi) is 4.04. The number of carbonyl (C=O) groups excluding carboxylic acids is 1. The van der Waals surface area contributed by atoms with Crippen LogP contribution in [0.5, 0.6) is 0 Å². The van der Waals surface area contributed by atoms with Crippen LogP contribution in [0, 0.1) is 5.92 Å². The lowest BCUT2D eigenvalue weighted by molar-refractivity contribution is 0.202. The van der Waals surface area contributed by atoms with Gasteiger partial charge in [0.15, 0.2) is 0 Å². The largest absolute Gasteiger partial charge is 0.335 e. The minimum atomic E-state index is 0.108. The lowest BCUT2D eigenvalue weighted by Gasteiger charge is -2.25. The SMILES string of the molecule is CN(CCC1CCNCC1)C(=O)NC1CC1. The van der Waals surface area contributed by atoms with E-state index in [9.17, 15) is 4.79 Å². The van der Waals surface area contributed by atoms with Gasteiger partial charge >= 0.3 is 6.03 Å². The van der Waals surface area contributed by atoms with Crippen LogP contribution in [0.4, 0.5) is 4.79 Å². The van der Waals surface area contributed by atoms with Gasteiger partial charge in [-0.3, -0.25) is 0 Å². The number of urea groups is 1. The Bertz CT molecular complexity index is 234. The number of nitrogens with one attached hydrogen (secondary N) is 2. The van der Waals surface area contributed by atoms with Gasteiger partial charge in [0.05, 0.1) is 0 Å². The van der Waals surface area contributed by atoms with Crippen molar-refractivity contribution in [1.29, 1.82) is 0 Å². The average molecular weight is 225 g/mol. The van der Waals surface area contributed by atoms with Crippen LogP contribution in [0.3, 0.4) is 0 Å². The molecule has 2 amide bonds. The predicted molar refractivity (Wildman–Crippen MR) is 64.4 cm³/mol. The smallest absolute Gasteiger partial charge is 0.317 e. The summed E-state index contributed by atoms with van der Waals surface area (Å²) in [5.41, 5.74) is 0. The molecule has 0 atom stereocenters. The minimum absolute atomic E-state index is 0.108. The van der Waals surface area contributed by atoms with Crippen molar-refractivity contribution in [2.75, 3.05) is 26.7 Å². The quantitative estimate of drug-likeness (QED) is 0.754. The zero-order chi connectivity index (χ0) is 11.4. The number of amides is 2. The molecule has 1 aliphatic carbocycles. The Morgan fingerprint density at radius 1 is 1.31 bits per heavy atom. The van der Waals surface area contributed by atoms with Crippen molar-refractivity contribution in [3.63, 3.8) is 0 Å². The van der Waals surface area contributed by atoms with E-state index in [0.717, 1.165) is 44.8 Å². The predicted octanol–water partition coefficient (Wildman–Crippen LogP) is 1.18. The van der Waals surface area contributed by atoms with Gasteiger partial charge in [-0.2, -0.15) is 0 Å². The summed E-state index contributed by atoms with van der Waals surface area (Å²) in [7, 11) is 1.90. The molecular weight excluding hydrogens is 202 g/mol. The zero-order valence-electron chi connectivity index (χ0n) is 10.2. The first-order valence-corrected chi connectivity index (χ1v) is 6.48. The third kappa shape index (κ3) is 3.67. The molecule has 4 nitrogen and oxygen atoms in total. The van der Waals surface area contributed by atoms with E-state index in [1.54, 1.807) is 0 Å². The molecule has 0 aromatic rings. The normalized spacial score (nSPS) is 21.8. The molecule has 0 aromatic heterocycles. The molecule has 2 fully saturated rings. The maximum atomic E-state index is 11.7. The fourth-order valence-electron chi connectivity index (χ4n) is 2.16. The molecule has 0 aromatic carbocycles. The molecule has 0 unspecified atom stereocenters. The monoisotopic (exact) mass is 225 g/mol. The number of carbonyl (C=O) groups is 1. The van der Waals surface area contributed by atoms with Gasteiger partial charge < -0.3 is 15.5 Å². The van der Waals surface area contributed by atoms with E-state index in [1.807, 2.05) is 11.9 Å². The average Bonchev–Trinajstić information content (AvgIpc) is 3.11. The van der Waals surface area contributed by atoms with Gasteiger partial charge in [-0.1, -0.05) is 0 Å². The third-order valence-electron chi connectivity index (χ3n) is 3.58. The molecule has 16 heavy (non-hydrogen) atoms. The molecule has 0 spiro atoms. The molecule has 92 valence electrons. The van der Waals surface area contributed by atoms with Crippen molar-refractivity contribution in [3.8, 4) is 0 Å². The van der Waals surface area contributed by atoms with E-state index < -0.39 is 0 Å². The van der Waals surface area contributed by atoms with Crippen molar-refractivity contribution in [2.45, 2.75) is 38.1 Å². The molecule has 2 aliphatic rings. The number of nitrogens with zero attached hydrogens (tertiary/aromatic N) is 1. The van der Waals surface area contributed by atoms with E-state index in [2.05, 4.69) is 10.6 Å². The second-order valence-corrected chi connectivity index (χ2v) is 5.13. The molecule has 1 saturated carbocycles. The van der Waals surface area contributed by atoms with E-state index in [1.165, 1.54) is 12.8 Å². The van der Waals surface area contributed by atoms with E-state index in [-0.39, 0.29) is 6.03 Å². The van der Waals surface area contributed by atoms with Crippen molar-refractivity contribution in [3.05, 3.63) is 0 Å². The standard InChI is InChI=1S/C12H23N3O/c1-15(12(16)14-11-2-3-11)9-6-10-4-7-13-8-5-10/h10-11,13H,2-9H2,1H3,(H,14,16). The van der Waals surface area contributed by atoms with Crippen LogP contribution in [-0.2, 0) is 0 Å². The fraction of sp³-hybridized carbons (Fsp3) is 0.917. The topological polar surface area (TPSA) is 44.4 Å². The third-order valence-corrected chi connectivity index (χ3v) is 3.58. The summed E-state index contributed by atoms with van der Waals surface area (Å²) in [5.74, 6) is 0.803. The summed E-state index contributed by atoms with van der Waals surface area (Å²) < 4.78 is 0. The van der Waals surface area contributed by atoms with Crippen molar-refractivity contribution < 1.29 is 4.79 Å². The van der Waals surface area contributed by atoms with Crippen LogP contribution in [0.2, 0.25) is 0 Å². The van der Waals surface area contributed by atoms with Crippen LogP contribution >= 0.6 is 0 Å². The molecule has 2 N–H and O–H groups in total. The summed E-state index contributed by atoms with van der Waals surface area (Å²) >= 11 is 0. The number of hydrogen-bond acceptors (Lipinski definition) is 2. The van der Waals surface area contributed by atoms with Gasteiger partial charge in [0, 0.05) is 19.6 Å². The Morgan fingerprint density at radius 2 is 2.00 bits per heavy atom. The fourth-order valence-corrected chi connectivity index (χ4v) is 2.16. The lowest BCUT2D eigenvalue weighted by atomic mass is 9.94. The summed E-state index contributed by atoms with van der Waals surface area (Å²) in [5, 5.41) is 6.38. The Labute approximate surface area is 97.8 Å². The summed E-state index contributed by atoms with van der Waals surface area (Å²) in [4.78, 5) is 13.5. The van der Waals surface area contributed by atoms with E-state index >= 15 is 0 Å². The van der Waals surface area contributed by atoms with Crippen LogP contribution in [0.15, 0.2) is 0 Å². The van der Waals surface area contributed by atoms with Gasteiger partial charge in [-0.05, 0) is 51.1 Å². The maximum Gasteiger partial charge on any atom is 0.317 e. The van der Waals surface area contributed by atoms with Crippen LogP contribution in [0.1, 0.15) is 32.1 Å². The number of hydrogen-bond donors (Lipinski definition) is 2. The second kappa shape index (κ2) is 5.53. The van der Waals surface area contributed by atoms with E-state index in [4.69, 9.17) is 0 Å². The number of rotatable bonds is 4. The highest BCUT2D eigenvalue weighted by Crippen LogP contribution is 2.19. The molecule has 1 heterocycles. The zero-order valence-corrected chi connectivity index (χ0v) is 10.2. The minimum Gasteiger partial charge on any atom is -0.335 e. The molecule has 0 radical (unpaired) electrons. The molecule has 2 rings (SSSR count). The Balaban J connectivity index is 1.61. The highest BCUT2D eigenvalue weighted by atomic mass is 16.2. The summed E-state index contributed by atoms with van der Waals surface area (Å²) in [6.45, 7) is 3.18. The first kappa shape index (κ1) is 11.7. The van der Waals surface area contributed by atoms with Crippen LogP contribution < -0.4 is 10.6 Å². The molecule has 4 heteroatoms. The Morgan fingerprint density at radius 3 is 2.62 bits per heavy atom. The first-order chi connectivity index (χ1) is 7.75. The maximum absolute atomic E-state index is 11.7. The van der Waals surface area contributed by atoms with Crippen molar-refractivity contribution in [1.82, 2.24) is 15.5 Å². The van der Waals surface area contributed by atoms with E-state index in [0.29, 0.717) is 6.04 Å². The highest BCUT2D eigenvalue weighted by molar-refractivity contribution is 5.74. The molecular formula is C12H23N3O. The molecule has 1 saturated heterocycles. The molecule has 1 aliphatic heterocycles. The number of piperidine rings is 1. The van der Waals surface area contributed by atoms with Gasteiger partial charge in [-0.25, -0.2) is 4.79 Å². The van der Waals surface area contributed by atoms with Gasteiger partial charge in [0.25, 0.3) is 0 Å². The van der Waals surface area contributed by atoms with Crippen molar-refractivity contribution in [2.24, 2.45) is 5.92 Å². The lowest BCUT2D eigenvalue weighted by Crippen LogP contribution is -2.40. The van der Waals surface area contributed by atoms with Gasteiger partial charge in [-0.15, -0.1) is 0 Å². The van der Waals surface area contributed by atoms with Gasteiger partial charge in [0.2, 0.25) is 0 Å². The first-order valence-electron chi connectivity index (χ1n) is 6.48. The summed E-state index contributed by atoms with van der Waals surface area (Å²) in [6, 6.07) is 0.574. The van der Waals surface area contributed by atoms with Crippen LogP contribution in [0.25, 0.3) is 0 Å². The highest BCUT2D eigenvalue weighted by Gasteiger charge is 2.24. The Hall–Kier alpha value is -0.770.